The molecule has 1 saturated carbocycles. The topological polar surface area (TPSA) is 83.7 Å². The van der Waals surface area contributed by atoms with Crippen LogP contribution in [-0.4, -0.2) is 60.1 Å². The van der Waals surface area contributed by atoms with Gasteiger partial charge in [-0.25, -0.2) is 4.98 Å². The van der Waals surface area contributed by atoms with Crippen LogP contribution in [0.4, 0.5) is 5.69 Å². The number of amides is 1. The standard InChI is InChI=1S/C17H21N5O2.C9H12OS/c23-17(15-12-24-16(20-15)11-19-13-3-4-13)22-8-6-21(7-9-22)14-2-1-5-18-10-14;1-6-4-8(10-3)5-7(2)9(6)11/h1-2,5,10,12-13,19H,3-4,6-9,11H2;4-5,11H,1-3H3. The molecule has 1 aliphatic carbocycles. The van der Waals surface area contributed by atoms with E-state index in [1.165, 1.54) is 19.1 Å². The number of aryl methyl sites for hydroxylation is 2. The van der Waals surface area contributed by atoms with Gasteiger partial charge >= 0.3 is 0 Å². The fourth-order valence-electron chi connectivity index (χ4n) is 3.91. The molecule has 186 valence electrons. The second kappa shape index (κ2) is 11.6. The molecule has 0 radical (unpaired) electrons. The minimum absolute atomic E-state index is 0.0535. The third kappa shape index (κ3) is 6.76. The molecule has 1 aromatic carbocycles. The number of methoxy groups -OCH3 is 1. The number of aromatic nitrogens is 2. The number of benzene rings is 1. The SMILES string of the molecule is COc1cc(C)c(S)c(C)c1.O=C(c1coc(CNC2CC2)n1)N1CCN(c2cccnc2)CC1. The minimum Gasteiger partial charge on any atom is -0.497 e. The van der Waals surface area contributed by atoms with Crippen molar-refractivity contribution in [3.05, 3.63) is 65.6 Å². The second-order valence-corrected chi connectivity index (χ2v) is 9.33. The number of carbonyl (C=O) groups is 1. The molecule has 0 unspecified atom stereocenters. The molecule has 0 atom stereocenters. The summed E-state index contributed by atoms with van der Waals surface area (Å²) in [6, 6.07) is 8.53. The maximum atomic E-state index is 12.6. The molecule has 1 N–H and O–H groups in total. The maximum absolute atomic E-state index is 12.6. The molecule has 3 aromatic rings. The van der Waals surface area contributed by atoms with E-state index in [0.29, 0.717) is 37.3 Å². The fourth-order valence-corrected chi connectivity index (χ4v) is 4.04. The number of thiol groups is 1. The molecular weight excluding hydrogens is 462 g/mol. The number of ether oxygens (including phenoxy) is 1. The van der Waals surface area contributed by atoms with E-state index in [-0.39, 0.29) is 5.91 Å². The molecule has 8 nitrogen and oxygen atoms in total. The zero-order valence-corrected chi connectivity index (χ0v) is 21.4. The van der Waals surface area contributed by atoms with Gasteiger partial charge in [0.1, 0.15) is 12.0 Å². The number of anilines is 1. The normalized spacial score (nSPS) is 15.4. The van der Waals surface area contributed by atoms with Crippen LogP contribution in [0.25, 0.3) is 0 Å². The third-order valence-electron chi connectivity index (χ3n) is 6.17. The lowest BCUT2D eigenvalue weighted by Gasteiger charge is -2.35. The lowest BCUT2D eigenvalue weighted by atomic mass is 10.1. The van der Waals surface area contributed by atoms with Gasteiger partial charge in [-0.15, -0.1) is 12.6 Å². The summed E-state index contributed by atoms with van der Waals surface area (Å²) in [7, 11) is 1.67. The highest BCUT2D eigenvalue weighted by Crippen LogP contribution is 2.24. The maximum Gasteiger partial charge on any atom is 0.275 e. The van der Waals surface area contributed by atoms with Gasteiger partial charge in [-0.05, 0) is 62.1 Å². The summed E-state index contributed by atoms with van der Waals surface area (Å²) in [5, 5.41) is 3.33. The lowest BCUT2D eigenvalue weighted by molar-refractivity contribution is 0.0740. The van der Waals surface area contributed by atoms with E-state index in [1.807, 2.05) is 49.2 Å². The van der Waals surface area contributed by atoms with Crippen LogP contribution in [-0.2, 0) is 6.54 Å². The van der Waals surface area contributed by atoms with Crippen molar-refractivity contribution in [2.45, 2.75) is 44.2 Å². The van der Waals surface area contributed by atoms with E-state index in [4.69, 9.17) is 9.15 Å². The van der Waals surface area contributed by atoms with Crippen molar-refractivity contribution in [1.29, 1.82) is 0 Å². The molecule has 1 aliphatic heterocycles. The highest BCUT2D eigenvalue weighted by Gasteiger charge is 2.25. The van der Waals surface area contributed by atoms with Gasteiger partial charge in [0.2, 0.25) is 5.89 Å². The first-order valence-corrected chi connectivity index (χ1v) is 12.4. The number of hydrogen-bond acceptors (Lipinski definition) is 8. The Kier molecular flexibility index (Phi) is 8.30. The molecule has 0 spiro atoms. The van der Waals surface area contributed by atoms with Gasteiger partial charge in [0.25, 0.3) is 5.91 Å². The number of piperazine rings is 1. The van der Waals surface area contributed by atoms with E-state index >= 15 is 0 Å². The summed E-state index contributed by atoms with van der Waals surface area (Å²) in [5.41, 5.74) is 3.81. The number of rotatable bonds is 6. The number of nitrogens with one attached hydrogen (secondary N) is 1. The first kappa shape index (κ1) is 25.1. The van der Waals surface area contributed by atoms with Crippen molar-refractivity contribution in [1.82, 2.24) is 20.2 Å². The Morgan fingerprint density at radius 3 is 2.51 bits per heavy atom. The molecular formula is C26H33N5O3S. The van der Waals surface area contributed by atoms with Gasteiger partial charge in [-0.1, -0.05) is 0 Å². The van der Waals surface area contributed by atoms with Crippen LogP contribution in [0.3, 0.4) is 0 Å². The van der Waals surface area contributed by atoms with Crippen molar-refractivity contribution in [2.24, 2.45) is 0 Å². The summed E-state index contributed by atoms with van der Waals surface area (Å²) in [6.45, 7) is 7.59. The van der Waals surface area contributed by atoms with Crippen LogP contribution in [0.5, 0.6) is 5.75 Å². The molecule has 3 heterocycles. The molecule has 5 rings (SSSR count). The van der Waals surface area contributed by atoms with Gasteiger partial charge in [-0.3, -0.25) is 9.78 Å². The zero-order chi connectivity index (χ0) is 24.8. The predicted molar refractivity (Wildman–Crippen MR) is 138 cm³/mol. The van der Waals surface area contributed by atoms with Crippen molar-refractivity contribution in [3.63, 3.8) is 0 Å². The Hall–Kier alpha value is -3.04. The Labute approximate surface area is 212 Å². The van der Waals surface area contributed by atoms with Crippen LogP contribution < -0.4 is 15.0 Å². The van der Waals surface area contributed by atoms with Crippen molar-refractivity contribution in [2.75, 3.05) is 38.2 Å². The second-order valence-electron chi connectivity index (χ2n) is 8.88. The predicted octanol–water partition coefficient (Wildman–Crippen LogP) is 3.88. The number of oxazole rings is 1. The Bertz CT molecular complexity index is 1100. The summed E-state index contributed by atoms with van der Waals surface area (Å²) in [5.74, 6) is 1.43. The van der Waals surface area contributed by atoms with Gasteiger partial charge in [0, 0.05) is 43.3 Å². The van der Waals surface area contributed by atoms with E-state index in [0.717, 1.165) is 40.5 Å². The van der Waals surface area contributed by atoms with Crippen LogP contribution in [0.2, 0.25) is 0 Å². The molecule has 1 saturated heterocycles. The van der Waals surface area contributed by atoms with Crippen molar-refractivity contribution < 1.29 is 13.9 Å². The monoisotopic (exact) mass is 495 g/mol. The van der Waals surface area contributed by atoms with Crippen molar-refractivity contribution >= 4 is 24.2 Å². The molecule has 2 aromatic heterocycles. The lowest BCUT2D eigenvalue weighted by Crippen LogP contribution is -2.48. The summed E-state index contributed by atoms with van der Waals surface area (Å²) in [6.07, 6.45) is 7.53. The Morgan fingerprint density at radius 2 is 1.91 bits per heavy atom. The smallest absolute Gasteiger partial charge is 0.275 e. The first-order valence-electron chi connectivity index (χ1n) is 11.9. The van der Waals surface area contributed by atoms with Gasteiger partial charge in [0.15, 0.2) is 5.69 Å². The fraction of sp³-hybridized carbons (Fsp3) is 0.423. The van der Waals surface area contributed by atoms with Gasteiger partial charge < -0.3 is 24.3 Å². The third-order valence-corrected chi connectivity index (χ3v) is 6.87. The van der Waals surface area contributed by atoms with Crippen LogP contribution in [0, 0.1) is 13.8 Å². The quantitative estimate of drug-likeness (QED) is 0.502. The van der Waals surface area contributed by atoms with Crippen LogP contribution in [0.1, 0.15) is 40.3 Å². The minimum atomic E-state index is -0.0535. The van der Waals surface area contributed by atoms with E-state index in [2.05, 4.69) is 32.8 Å². The molecule has 35 heavy (non-hydrogen) atoms. The van der Waals surface area contributed by atoms with E-state index < -0.39 is 0 Å². The average Bonchev–Trinajstić information content (AvgIpc) is 3.61. The largest absolute Gasteiger partial charge is 0.497 e. The summed E-state index contributed by atoms with van der Waals surface area (Å²) in [4.78, 5) is 26.1. The molecule has 2 aliphatic rings. The number of pyridine rings is 1. The Balaban J connectivity index is 0.000000221. The van der Waals surface area contributed by atoms with Crippen LogP contribution >= 0.6 is 12.6 Å². The number of carbonyl (C=O) groups excluding carboxylic acids is 1. The summed E-state index contributed by atoms with van der Waals surface area (Å²) >= 11 is 4.34. The zero-order valence-electron chi connectivity index (χ0n) is 20.5. The Morgan fingerprint density at radius 1 is 1.20 bits per heavy atom. The average molecular weight is 496 g/mol. The first-order chi connectivity index (χ1) is 16.9. The molecule has 0 bridgehead atoms. The van der Waals surface area contributed by atoms with Gasteiger partial charge in [0.05, 0.1) is 25.5 Å². The highest BCUT2D eigenvalue weighted by atomic mass is 32.1. The van der Waals surface area contributed by atoms with Gasteiger partial charge in [-0.2, -0.15) is 0 Å². The van der Waals surface area contributed by atoms with E-state index in [9.17, 15) is 4.79 Å². The van der Waals surface area contributed by atoms with Crippen LogP contribution in [0.15, 0.2) is 52.2 Å². The summed E-state index contributed by atoms with van der Waals surface area (Å²) < 4.78 is 10.5. The van der Waals surface area contributed by atoms with E-state index in [1.54, 1.807) is 13.3 Å². The molecule has 1 amide bonds. The number of nitrogens with zero attached hydrogens (tertiary/aromatic N) is 4. The number of hydrogen-bond donors (Lipinski definition) is 2. The molecule has 9 heteroatoms. The molecule has 2 fully saturated rings. The van der Waals surface area contributed by atoms with Crippen molar-refractivity contribution in [3.8, 4) is 5.75 Å². The highest BCUT2D eigenvalue weighted by molar-refractivity contribution is 7.80.